The first kappa shape index (κ1) is 10.7. The van der Waals surface area contributed by atoms with Gasteiger partial charge in [-0.05, 0) is 13.8 Å². The molecule has 5 nitrogen and oxygen atoms in total. The first-order valence-electron chi connectivity index (χ1n) is 4.31. The Morgan fingerprint density at radius 2 is 2.36 bits per heavy atom. The summed E-state index contributed by atoms with van der Waals surface area (Å²) in [6.07, 6.45) is -0.746. The van der Waals surface area contributed by atoms with E-state index < -0.39 is 18.0 Å². The molecule has 0 bridgehead atoms. The minimum atomic E-state index is -0.820. The number of esters is 1. The molecule has 1 heterocycles. The Hall–Kier alpha value is -1.36. The molecule has 1 unspecified atom stereocenters. The molecule has 0 spiro atoms. The average molecular weight is 200 g/mol. The number of carbonyl (C=O) groups excluding carboxylic acids is 2. The number of ether oxygens (including phenoxy) is 2. The van der Waals surface area contributed by atoms with E-state index in [0.717, 1.165) is 0 Å². The third-order valence-corrected chi connectivity index (χ3v) is 1.80. The molecule has 0 aromatic rings. The third-order valence-electron chi connectivity index (χ3n) is 1.80. The summed E-state index contributed by atoms with van der Waals surface area (Å²) in [7, 11) is 0. The second kappa shape index (κ2) is 4.23. The maximum atomic E-state index is 11.2. The highest BCUT2D eigenvalue weighted by molar-refractivity contribution is 6.17. The van der Waals surface area contributed by atoms with E-state index in [9.17, 15) is 14.7 Å². The van der Waals surface area contributed by atoms with E-state index in [1.165, 1.54) is 6.92 Å². The number of cyclic esters (lactones) is 1. The Kier molecular flexibility index (Phi) is 3.24. The van der Waals surface area contributed by atoms with Gasteiger partial charge in [0.05, 0.1) is 6.42 Å². The normalized spacial score (nSPS) is 22.1. The summed E-state index contributed by atoms with van der Waals surface area (Å²) in [5.41, 5.74) is -0.277. The van der Waals surface area contributed by atoms with Crippen molar-refractivity contribution in [3.63, 3.8) is 0 Å². The van der Waals surface area contributed by atoms with Gasteiger partial charge in [0, 0.05) is 6.61 Å². The van der Waals surface area contributed by atoms with Gasteiger partial charge in [-0.15, -0.1) is 0 Å². The Balaban J connectivity index is 2.83. The van der Waals surface area contributed by atoms with Gasteiger partial charge in [0.1, 0.15) is 11.3 Å². The molecule has 1 rings (SSSR count). The van der Waals surface area contributed by atoms with Gasteiger partial charge in [0.25, 0.3) is 0 Å². The van der Waals surface area contributed by atoms with Crippen LogP contribution in [0.5, 0.6) is 0 Å². The standard InChI is InChI=1S/C9H12O5/c1-3-13-7-4-6(11)8(5(2)10)9(12)14-7/h7,11H,3-4H2,1-2H3. The lowest BCUT2D eigenvalue weighted by molar-refractivity contribution is -0.178. The maximum absolute atomic E-state index is 11.2. The lowest BCUT2D eigenvalue weighted by atomic mass is 10.1. The van der Waals surface area contributed by atoms with E-state index in [1.807, 2.05) is 0 Å². The Morgan fingerprint density at radius 1 is 1.71 bits per heavy atom. The van der Waals surface area contributed by atoms with Crippen LogP contribution in [0.3, 0.4) is 0 Å². The molecular weight excluding hydrogens is 188 g/mol. The quantitative estimate of drug-likeness (QED) is 0.536. The van der Waals surface area contributed by atoms with Gasteiger partial charge in [-0.3, -0.25) is 4.79 Å². The summed E-state index contributed by atoms with van der Waals surface area (Å²) in [6.45, 7) is 3.32. The molecule has 14 heavy (non-hydrogen) atoms. The SMILES string of the molecule is CCOC1CC(O)=C(C(C)=O)C(=O)O1. The van der Waals surface area contributed by atoms with Gasteiger partial charge in [-0.1, -0.05) is 0 Å². The molecule has 0 aliphatic carbocycles. The first-order chi connectivity index (χ1) is 6.56. The highest BCUT2D eigenvalue weighted by atomic mass is 16.7. The molecule has 0 amide bonds. The zero-order valence-electron chi connectivity index (χ0n) is 8.07. The van der Waals surface area contributed by atoms with Gasteiger partial charge >= 0.3 is 5.97 Å². The Morgan fingerprint density at radius 3 is 2.79 bits per heavy atom. The monoisotopic (exact) mass is 200 g/mol. The maximum Gasteiger partial charge on any atom is 0.347 e. The second-order valence-corrected chi connectivity index (χ2v) is 2.87. The number of carbonyl (C=O) groups is 2. The Labute approximate surface area is 81.3 Å². The van der Waals surface area contributed by atoms with Crippen molar-refractivity contribution in [3.8, 4) is 0 Å². The molecule has 0 fully saturated rings. The molecule has 0 radical (unpaired) electrons. The molecule has 0 aromatic carbocycles. The molecule has 0 saturated carbocycles. The van der Waals surface area contributed by atoms with Crippen LogP contribution in [0.25, 0.3) is 0 Å². The van der Waals surface area contributed by atoms with Gasteiger partial charge in [-0.2, -0.15) is 0 Å². The third kappa shape index (κ3) is 2.11. The van der Waals surface area contributed by atoms with E-state index in [1.54, 1.807) is 6.92 Å². The van der Waals surface area contributed by atoms with E-state index in [2.05, 4.69) is 0 Å². The molecular formula is C9H12O5. The van der Waals surface area contributed by atoms with Crippen molar-refractivity contribution in [2.45, 2.75) is 26.6 Å². The number of ketones is 1. The second-order valence-electron chi connectivity index (χ2n) is 2.87. The molecule has 0 saturated heterocycles. The van der Waals surface area contributed by atoms with Crippen LogP contribution in [-0.4, -0.2) is 29.8 Å². The van der Waals surface area contributed by atoms with Crippen LogP contribution >= 0.6 is 0 Å². The van der Waals surface area contributed by atoms with Crippen molar-refractivity contribution in [2.24, 2.45) is 0 Å². The van der Waals surface area contributed by atoms with Crippen molar-refractivity contribution >= 4 is 11.8 Å². The van der Waals surface area contributed by atoms with Gasteiger partial charge in [-0.25, -0.2) is 4.79 Å². The van der Waals surface area contributed by atoms with E-state index >= 15 is 0 Å². The fraction of sp³-hybridized carbons (Fsp3) is 0.556. The van der Waals surface area contributed by atoms with Crippen molar-refractivity contribution in [1.29, 1.82) is 0 Å². The zero-order valence-corrected chi connectivity index (χ0v) is 8.07. The van der Waals surface area contributed by atoms with Gasteiger partial charge in [0.15, 0.2) is 5.78 Å². The van der Waals surface area contributed by atoms with Gasteiger partial charge < -0.3 is 14.6 Å². The van der Waals surface area contributed by atoms with Crippen LogP contribution in [0.1, 0.15) is 20.3 Å². The molecule has 0 aromatic heterocycles. The van der Waals surface area contributed by atoms with Crippen LogP contribution in [0.4, 0.5) is 0 Å². The van der Waals surface area contributed by atoms with Crippen LogP contribution in [-0.2, 0) is 19.1 Å². The number of hydrogen-bond donors (Lipinski definition) is 1. The average Bonchev–Trinajstić information content (AvgIpc) is 2.01. The predicted octanol–water partition coefficient (Wildman–Crippen LogP) is 0.697. The lowest BCUT2D eigenvalue weighted by Gasteiger charge is -2.22. The van der Waals surface area contributed by atoms with Crippen molar-refractivity contribution in [3.05, 3.63) is 11.3 Å². The fourth-order valence-corrected chi connectivity index (χ4v) is 1.22. The number of rotatable bonds is 3. The summed E-state index contributed by atoms with van der Waals surface area (Å²) in [5, 5.41) is 9.38. The number of Topliss-reactive ketones (excluding diaryl/α,β-unsaturated/α-hetero) is 1. The number of aliphatic hydroxyl groups is 1. The number of aliphatic hydroxyl groups excluding tert-OH is 1. The highest BCUT2D eigenvalue weighted by Gasteiger charge is 2.31. The molecule has 1 N–H and O–H groups in total. The van der Waals surface area contributed by atoms with Crippen LogP contribution in [0.15, 0.2) is 11.3 Å². The van der Waals surface area contributed by atoms with Crippen molar-refractivity contribution in [1.82, 2.24) is 0 Å². The van der Waals surface area contributed by atoms with Crippen molar-refractivity contribution < 1.29 is 24.2 Å². The summed E-state index contributed by atoms with van der Waals surface area (Å²) >= 11 is 0. The Bertz CT molecular complexity index is 292. The molecule has 1 aliphatic rings. The van der Waals surface area contributed by atoms with E-state index in [4.69, 9.17) is 9.47 Å². The molecule has 1 aliphatic heterocycles. The van der Waals surface area contributed by atoms with Crippen molar-refractivity contribution in [2.75, 3.05) is 6.61 Å². The first-order valence-corrected chi connectivity index (χ1v) is 4.31. The van der Waals surface area contributed by atoms with E-state index in [0.29, 0.717) is 6.61 Å². The highest BCUT2D eigenvalue weighted by Crippen LogP contribution is 2.21. The zero-order chi connectivity index (χ0) is 10.7. The van der Waals surface area contributed by atoms with E-state index in [-0.39, 0.29) is 17.8 Å². The van der Waals surface area contributed by atoms with Crippen LogP contribution in [0, 0.1) is 0 Å². The summed E-state index contributed by atoms with van der Waals surface area (Å²) in [5.74, 6) is -1.57. The molecule has 78 valence electrons. The minimum Gasteiger partial charge on any atom is -0.511 e. The molecule has 5 heteroatoms. The minimum absolute atomic E-state index is 0.0362. The summed E-state index contributed by atoms with van der Waals surface area (Å²) < 4.78 is 9.77. The van der Waals surface area contributed by atoms with Crippen LogP contribution in [0.2, 0.25) is 0 Å². The fourth-order valence-electron chi connectivity index (χ4n) is 1.22. The lowest BCUT2D eigenvalue weighted by Crippen LogP contribution is -2.31. The largest absolute Gasteiger partial charge is 0.511 e. The number of hydrogen-bond acceptors (Lipinski definition) is 5. The predicted molar refractivity (Wildman–Crippen MR) is 46.5 cm³/mol. The summed E-state index contributed by atoms with van der Waals surface area (Å²) in [4.78, 5) is 22.1. The molecule has 1 atom stereocenters. The van der Waals surface area contributed by atoms with Crippen LogP contribution < -0.4 is 0 Å². The van der Waals surface area contributed by atoms with Gasteiger partial charge in [0.2, 0.25) is 6.29 Å². The smallest absolute Gasteiger partial charge is 0.347 e. The topological polar surface area (TPSA) is 72.8 Å². The summed E-state index contributed by atoms with van der Waals surface area (Å²) in [6, 6.07) is 0.